The van der Waals surface area contributed by atoms with Gasteiger partial charge in [0.25, 0.3) is 0 Å². The van der Waals surface area contributed by atoms with E-state index in [4.69, 9.17) is 9.84 Å². The van der Waals surface area contributed by atoms with Gasteiger partial charge in [0, 0.05) is 68.9 Å². The smallest absolute Gasteiger partial charge is 0.410 e. The van der Waals surface area contributed by atoms with Crippen LogP contribution in [0.15, 0.2) is 0 Å². The van der Waals surface area contributed by atoms with Crippen LogP contribution >= 0.6 is 0 Å². The number of nitrogens with one attached hydrogen (secondary N) is 1. The van der Waals surface area contributed by atoms with Gasteiger partial charge in [-0.25, -0.2) is 4.79 Å². The maximum Gasteiger partial charge on any atom is 0.410 e. The quantitative estimate of drug-likeness (QED) is 0.314. The molecule has 0 unspecified atom stereocenters. The van der Waals surface area contributed by atoms with Crippen molar-refractivity contribution in [1.29, 1.82) is 0 Å². The van der Waals surface area contributed by atoms with Gasteiger partial charge in [0.2, 0.25) is 0 Å². The fraction of sp³-hybridized carbons (Fsp3) is 0.891. The zero-order chi connectivity index (χ0) is 44.0. The van der Waals surface area contributed by atoms with Gasteiger partial charge < -0.3 is 29.9 Å². The van der Waals surface area contributed by atoms with Crippen molar-refractivity contribution in [2.24, 2.45) is 45.3 Å². The molecular weight excluding hydrogens is 775 g/mol. The Morgan fingerprint density at radius 3 is 1.16 bits per heavy atom. The van der Waals surface area contributed by atoms with E-state index >= 15 is 0 Å². The molecule has 4 saturated heterocycles. The van der Waals surface area contributed by atoms with Gasteiger partial charge in [-0.3, -0.25) is 19.2 Å². The molecule has 8 fully saturated rings. The van der Waals surface area contributed by atoms with Crippen LogP contribution < -0.4 is 5.32 Å². The Labute approximate surface area is 383 Å². The first kappa shape index (κ1) is 58.0. The molecule has 0 bridgehead atoms. The predicted octanol–water partition coefficient (Wildman–Crippen LogP) is 5.84. The number of hydrogen-bond donors (Lipinski definition) is 2. The molecule has 16 heteroatoms. The summed E-state index contributed by atoms with van der Waals surface area (Å²) in [5.74, 6) is 1.63. The molecule has 343 valence electrons. The van der Waals surface area contributed by atoms with Gasteiger partial charge in [-0.05, 0) is 193 Å². The van der Waals surface area contributed by atoms with E-state index in [0.29, 0.717) is 40.0 Å². The average Bonchev–Trinajstić information content (AvgIpc) is 4.06. The van der Waals surface area contributed by atoms with Gasteiger partial charge in [-0.1, -0.05) is 28.7 Å². The topological polar surface area (TPSA) is 137 Å². The van der Waals surface area contributed by atoms with E-state index in [1.807, 2.05) is 20.8 Å². The fourth-order valence-corrected chi connectivity index (χ4v) is 10.7. The van der Waals surface area contributed by atoms with Crippen LogP contribution in [0.4, 0.5) is 4.79 Å². The van der Waals surface area contributed by atoms with E-state index < -0.39 is 18.0 Å². The average molecular weight is 857 g/mol. The van der Waals surface area contributed by atoms with Crippen molar-refractivity contribution >= 4 is 67.4 Å². The molecule has 1 amide bonds. The summed E-state index contributed by atoms with van der Waals surface area (Å²) in [5.41, 5.74) is 0.893. The number of amides is 1. The lowest BCUT2D eigenvalue weighted by atomic mass is 9.08. The lowest BCUT2D eigenvalue weighted by molar-refractivity contribution is -0.139. The van der Waals surface area contributed by atoms with Gasteiger partial charge in [0.1, 0.15) is 23.0 Å². The Kier molecular flexibility index (Phi) is 22.4. The minimum atomic E-state index is -0.667. The molecule has 11 nitrogen and oxygen atoms in total. The SMILES string of the molecule is C.C.CC(=O)[C@H]1CC12CCN(C(=O)OC(C)(C)C)CC2.CC(=O)[C@H]1CC12CCNCC2.CCN1CCC2(CC1)C[C@@H]2C(=O)O.CCN1CCC2(CC1)C[C@@H]2C(C)=O.[B].[B]B([B])[B]. The second kappa shape index (κ2) is 23.9. The lowest BCUT2D eigenvalue weighted by Crippen LogP contribution is -2.42. The number of nitrogens with zero attached hydrogens (tertiary/aromatic N) is 3. The van der Waals surface area contributed by atoms with E-state index in [9.17, 15) is 24.0 Å². The van der Waals surface area contributed by atoms with E-state index in [0.717, 1.165) is 84.3 Å². The highest BCUT2D eigenvalue weighted by Crippen LogP contribution is 2.61. The van der Waals surface area contributed by atoms with Gasteiger partial charge >= 0.3 is 12.1 Å². The van der Waals surface area contributed by atoms with Crippen molar-refractivity contribution in [3.8, 4) is 0 Å². The summed E-state index contributed by atoms with van der Waals surface area (Å²) >= 11 is 0. The highest BCUT2D eigenvalue weighted by molar-refractivity contribution is 7.49. The van der Waals surface area contributed by atoms with Crippen molar-refractivity contribution in [3.05, 3.63) is 0 Å². The summed E-state index contributed by atoms with van der Waals surface area (Å²) in [5, 5.41) is 12.2. The molecule has 4 atom stereocenters. The molecule has 0 aromatic rings. The molecule has 0 aromatic carbocycles. The molecule has 4 aliphatic heterocycles. The van der Waals surface area contributed by atoms with Gasteiger partial charge in [0.15, 0.2) is 0 Å². The molecule has 8 rings (SSSR count). The van der Waals surface area contributed by atoms with Crippen LogP contribution in [0.3, 0.4) is 0 Å². The van der Waals surface area contributed by atoms with Crippen LogP contribution in [0.1, 0.15) is 147 Å². The fourth-order valence-electron chi connectivity index (χ4n) is 10.7. The number of carbonyl (C=O) groups is 5. The third-order valence-corrected chi connectivity index (χ3v) is 15.1. The lowest BCUT2D eigenvalue weighted by Gasteiger charge is -2.34. The molecule has 4 heterocycles. The van der Waals surface area contributed by atoms with Crippen molar-refractivity contribution < 1.29 is 33.8 Å². The minimum absolute atomic E-state index is 0. The summed E-state index contributed by atoms with van der Waals surface area (Å²) < 4.78 is 5.36. The second-order valence-electron chi connectivity index (χ2n) is 20.3. The van der Waals surface area contributed by atoms with E-state index in [-0.39, 0.29) is 52.0 Å². The van der Waals surface area contributed by atoms with E-state index in [2.05, 4.69) is 52.2 Å². The molecule has 0 aromatic heterocycles. The number of carboxylic acid groups (broad SMARTS) is 1. The van der Waals surface area contributed by atoms with E-state index in [1.165, 1.54) is 58.2 Å². The van der Waals surface area contributed by atoms with Crippen molar-refractivity contribution in [2.45, 2.75) is 153 Å². The summed E-state index contributed by atoms with van der Waals surface area (Å²) in [6.07, 6.45) is 12.4. The summed E-state index contributed by atoms with van der Waals surface area (Å²) in [7, 11) is 14.0. The van der Waals surface area contributed by atoms with Crippen molar-refractivity contribution in [3.63, 3.8) is 0 Å². The molecule has 62 heavy (non-hydrogen) atoms. The Morgan fingerprint density at radius 1 is 0.613 bits per heavy atom. The molecule has 4 spiro atoms. The highest BCUT2D eigenvalue weighted by atomic mass is 16.6. The van der Waals surface area contributed by atoms with Crippen LogP contribution in [-0.4, -0.2) is 158 Å². The Bertz CT molecular complexity index is 1410. The number of carboxylic acids is 1. The Hall–Kier alpha value is -2.05. The zero-order valence-corrected chi connectivity index (χ0v) is 38.5. The second-order valence-corrected chi connectivity index (χ2v) is 20.3. The van der Waals surface area contributed by atoms with Crippen LogP contribution in [0.2, 0.25) is 0 Å². The van der Waals surface area contributed by atoms with Crippen molar-refractivity contribution in [1.82, 2.24) is 20.0 Å². The number of hydrogen-bond acceptors (Lipinski definition) is 9. The van der Waals surface area contributed by atoms with Gasteiger partial charge in [-0.2, -0.15) is 0 Å². The summed E-state index contributed by atoms with van der Waals surface area (Å²) in [6, 6.07) is 0. The normalized spacial score (nSPS) is 27.3. The standard InChI is InChI=1S/C14H23NO3.C11H19NO.C10H17NO2.C9H15NO.2CH4.B4.B/c1-10(16)11-9-14(11)5-7-15(8-6-14)12(17)18-13(2,3)4;1-3-12-6-4-11(5-7-12)8-10(11)9(2)13;1-2-11-5-3-10(4-6-11)7-8(10)9(12)13;1-7(11)8-6-9(8)2-4-10-5-3-9;;;1-4(2)3;/h11H,5-9H2,1-4H3;10H,3-8H2,1-2H3;8H,2-7H2,1H3,(H,12,13);8,10H,2-6H2,1H3;2*1H4;;/t11-;10-;2*8-;;;;/m1111..../s1. The summed E-state index contributed by atoms with van der Waals surface area (Å²) in [6.45, 7) is 25.7. The number of aliphatic carboxylic acids is 1. The number of rotatable bonds is 6. The number of ketones is 3. The number of piperidine rings is 4. The highest BCUT2D eigenvalue weighted by Gasteiger charge is 2.60. The summed E-state index contributed by atoms with van der Waals surface area (Å²) in [4.78, 5) is 63.0. The third-order valence-electron chi connectivity index (χ3n) is 15.1. The maximum atomic E-state index is 11.9. The first-order valence-corrected chi connectivity index (χ1v) is 22.7. The third kappa shape index (κ3) is 15.8. The van der Waals surface area contributed by atoms with Crippen molar-refractivity contribution in [2.75, 3.05) is 65.4 Å². The van der Waals surface area contributed by atoms with Gasteiger partial charge in [-0.15, -0.1) is 0 Å². The first-order valence-electron chi connectivity index (χ1n) is 22.7. The number of carbonyl (C=O) groups excluding carboxylic acids is 4. The number of likely N-dealkylation sites (tertiary alicyclic amines) is 3. The first-order chi connectivity index (χ1) is 27.6. The zero-order valence-electron chi connectivity index (χ0n) is 38.5. The molecule has 8 aliphatic rings. The predicted molar refractivity (Wildman–Crippen MR) is 256 cm³/mol. The van der Waals surface area contributed by atoms with Crippen LogP contribution in [-0.2, 0) is 23.9 Å². The molecule has 9 radical (unpaired) electrons. The largest absolute Gasteiger partial charge is 0.481 e. The minimum Gasteiger partial charge on any atom is -0.481 e. The Morgan fingerprint density at radius 2 is 0.903 bits per heavy atom. The monoisotopic (exact) mass is 858 g/mol. The number of ether oxygens (including phenoxy) is 1. The van der Waals surface area contributed by atoms with Crippen LogP contribution in [0.5, 0.6) is 0 Å². The molecular formula is C46H82B5N4O7. The van der Waals surface area contributed by atoms with E-state index in [1.54, 1.807) is 25.7 Å². The van der Waals surface area contributed by atoms with Crippen LogP contribution in [0.25, 0.3) is 0 Å². The maximum absolute atomic E-state index is 11.9. The molecule has 4 aliphatic carbocycles. The molecule has 2 N–H and O–H groups in total. The Balaban J connectivity index is 0.000000400. The van der Waals surface area contributed by atoms with Gasteiger partial charge in [0.05, 0.1) is 5.92 Å². The van der Waals surface area contributed by atoms with Crippen LogP contribution in [0, 0.1) is 45.3 Å². The molecule has 4 saturated carbocycles. The number of Topliss-reactive ketones (excluding diaryl/α,β-unsaturated/α-hetero) is 3.